The topological polar surface area (TPSA) is 72.0 Å². The minimum atomic E-state index is -0.548. The molecule has 1 aromatic heterocycles. The minimum absolute atomic E-state index is 0.232. The Morgan fingerprint density at radius 2 is 1.94 bits per heavy atom. The quantitative estimate of drug-likeness (QED) is 0.523. The van der Waals surface area contributed by atoms with Crippen LogP contribution in [0.5, 0.6) is 0 Å². The molecule has 31 heavy (non-hydrogen) atoms. The number of aromatic nitrogens is 1. The van der Waals surface area contributed by atoms with Crippen LogP contribution in [-0.2, 0) is 9.47 Å². The van der Waals surface area contributed by atoms with Gasteiger partial charge in [-0.1, -0.05) is 35.1 Å². The summed E-state index contributed by atoms with van der Waals surface area (Å²) >= 11 is 7.53. The molecule has 0 saturated carbocycles. The highest BCUT2D eigenvalue weighted by Gasteiger charge is 2.26. The van der Waals surface area contributed by atoms with Crippen molar-refractivity contribution in [2.24, 2.45) is 0 Å². The molecule has 7 nitrogen and oxygen atoms in total. The lowest BCUT2D eigenvalue weighted by Crippen LogP contribution is -2.43. The summed E-state index contributed by atoms with van der Waals surface area (Å²) in [5.74, 6) is -0.840. The number of methoxy groups -OCH3 is 1. The first kappa shape index (κ1) is 21.7. The van der Waals surface area contributed by atoms with E-state index in [2.05, 4.69) is 9.88 Å². The lowest BCUT2D eigenvalue weighted by Gasteiger charge is -2.29. The SMILES string of the molecule is COC(=O)c1ccccc1C(=O)N(CCN1CCOCC1)c1nc2ccc(Cl)cc2s1. The summed E-state index contributed by atoms with van der Waals surface area (Å²) in [7, 11) is 1.30. The Kier molecular flexibility index (Phi) is 6.82. The molecule has 162 valence electrons. The molecule has 0 N–H and O–H groups in total. The number of ether oxygens (including phenoxy) is 2. The van der Waals surface area contributed by atoms with Gasteiger partial charge in [0.2, 0.25) is 0 Å². The van der Waals surface area contributed by atoms with Crippen LogP contribution in [0.25, 0.3) is 10.2 Å². The van der Waals surface area contributed by atoms with Gasteiger partial charge in [0.1, 0.15) is 0 Å². The number of hydrogen-bond acceptors (Lipinski definition) is 7. The zero-order valence-electron chi connectivity index (χ0n) is 17.0. The Hall–Kier alpha value is -2.52. The van der Waals surface area contributed by atoms with Crippen LogP contribution in [0.15, 0.2) is 42.5 Å². The second-order valence-electron chi connectivity index (χ2n) is 7.06. The molecule has 0 unspecified atom stereocenters. The van der Waals surface area contributed by atoms with Crippen LogP contribution in [0.3, 0.4) is 0 Å². The third-order valence-electron chi connectivity index (χ3n) is 5.12. The van der Waals surface area contributed by atoms with Gasteiger partial charge in [0, 0.05) is 31.2 Å². The number of carbonyl (C=O) groups is 2. The fourth-order valence-corrected chi connectivity index (χ4v) is 4.72. The van der Waals surface area contributed by atoms with Gasteiger partial charge in [0.15, 0.2) is 5.13 Å². The van der Waals surface area contributed by atoms with Crippen LogP contribution in [0, 0.1) is 0 Å². The van der Waals surface area contributed by atoms with Crippen molar-refractivity contribution in [3.8, 4) is 0 Å². The van der Waals surface area contributed by atoms with Gasteiger partial charge in [-0.3, -0.25) is 14.6 Å². The predicted octanol–water partition coefficient (Wildman–Crippen LogP) is 3.72. The van der Waals surface area contributed by atoms with Gasteiger partial charge in [0.25, 0.3) is 5.91 Å². The molecular weight excluding hydrogens is 438 g/mol. The van der Waals surface area contributed by atoms with E-state index in [0.29, 0.717) is 36.5 Å². The molecule has 4 rings (SSSR count). The summed E-state index contributed by atoms with van der Waals surface area (Å²) in [5, 5.41) is 1.18. The summed E-state index contributed by atoms with van der Waals surface area (Å²) in [6.07, 6.45) is 0. The summed E-state index contributed by atoms with van der Waals surface area (Å²) in [6, 6.07) is 12.1. The number of rotatable bonds is 6. The largest absolute Gasteiger partial charge is 0.465 e. The standard InChI is InChI=1S/C22H22ClN3O4S/c1-29-21(28)17-5-3-2-4-16(17)20(27)26(9-8-25-10-12-30-13-11-25)22-24-18-7-6-15(23)14-19(18)31-22/h2-7,14H,8-13H2,1H3. The van der Waals surface area contributed by atoms with Gasteiger partial charge in [-0.25, -0.2) is 9.78 Å². The molecular formula is C22H22ClN3O4S. The van der Waals surface area contributed by atoms with E-state index in [1.807, 2.05) is 12.1 Å². The lowest BCUT2D eigenvalue weighted by molar-refractivity contribution is 0.0390. The van der Waals surface area contributed by atoms with Crippen LogP contribution in [0.4, 0.5) is 5.13 Å². The van der Waals surface area contributed by atoms with E-state index >= 15 is 0 Å². The highest BCUT2D eigenvalue weighted by Crippen LogP contribution is 2.32. The molecule has 0 atom stereocenters. The second kappa shape index (κ2) is 9.74. The van der Waals surface area contributed by atoms with Gasteiger partial charge >= 0.3 is 5.97 Å². The van der Waals surface area contributed by atoms with E-state index in [-0.39, 0.29) is 17.0 Å². The number of hydrogen-bond donors (Lipinski definition) is 0. The number of carbonyl (C=O) groups excluding carboxylic acids is 2. The molecule has 3 aromatic rings. The fourth-order valence-electron chi connectivity index (χ4n) is 3.45. The minimum Gasteiger partial charge on any atom is -0.465 e. The van der Waals surface area contributed by atoms with E-state index in [1.165, 1.54) is 18.4 Å². The average molecular weight is 460 g/mol. The van der Waals surface area contributed by atoms with Crippen molar-refractivity contribution in [3.05, 3.63) is 58.6 Å². The van der Waals surface area contributed by atoms with Crippen molar-refractivity contribution in [2.75, 3.05) is 51.4 Å². The zero-order valence-corrected chi connectivity index (χ0v) is 18.6. The molecule has 1 aliphatic heterocycles. The highest BCUT2D eigenvalue weighted by atomic mass is 35.5. The van der Waals surface area contributed by atoms with Crippen molar-refractivity contribution in [2.45, 2.75) is 0 Å². The van der Waals surface area contributed by atoms with E-state index in [4.69, 9.17) is 21.1 Å². The Morgan fingerprint density at radius 1 is 1.19 bits per heavy atom. The molecule has 1 saturated heterocycles. The third kappa shape index (κ3) is 4.88. The number of anilines is 1. The number of benzene rings is 2. The van der Waals surface area contributed by atoms with Crippen molar-refractivity contribution in [1.29, 1.82) is 0 Å². The predicted molar refractivity (Wildman–Crippen MR) is 121 cm³/mol. The number of morpholine rings is 1. The van der Waals surface area contributed by atoms with Gasteiger partial charge in [-0.15, -0.1) is 0 Å². The van der Waals surface area contributed by atoms with Crippen LogP contribution < -0.4 is 4.90 Å². The maximum atomic E-state index is 13.6. The number of halogens is 1. The molecule has 0 aliphatic carbocycles. The van der Waals surface area contributed by atoms with E-state index in [0.717, 1.165) is 23.3 Å². The summed E-state index contributed by atoms with van der Waals surface area (Å²) in [6.45, 7) is 4.10. The Labute approximate surface area is 189 Å². The summed E-state index contributed by atoms with van der Waals surface area (Å²) < 4.78 is 11.2. The molecule has 1 aliphatic rings. The number of amides is 1. The first-order chi connectivity index (χ1) is 15.1. The van der Waals surface area contributed by atoms with Crippen molar-refractivity contribution < 1.29 is 19.1 Å². The zero-order chi connectivity index (χ0) is 21.8. The highest BCUT2D eigenvalue weighted by molar-refractivity contribution is 7.22. The van der Waals surface area contributed by atoms with Gasteiger partial charge in [-0.2, -0.15) is 0 Å². The smallest absolute Gasteiger partial charge is 0.338 e. The number of esters is 1. The number of fused-ring (bicyclic) bond motifs is 1. The monoisotopic (exact) mass is 459 g/mol. The maximum Gasteiger partial charge on any atom is 0.338 e. The maximum absolute atomic E-state index is 13.6. The Morgan fingerprint density at radius 3 is 2.68 bits per heavy atom. The van der Waals surface area contributed by atoms with Crippen LogP contribution >= 0.6 is 22.9 Å². The molecule has 2 aromatic carbocycles. The van der Waals surface area contributed by atoms with Crippen molar-refractivity contribution in [3.63, 3.8) is 0 Å². The molecule has 2 heterocycles. The van der Waals surface area contributed by atoms with Crippen molar-refractivity contribution in [1.82, 2.24) is 9.88 Å². The average Bonchev–Trinajstić information content (AvgIpc) is 3.22. The summed E-state index contributed by atoms with van der Waals surface area (Å²) in [4.78, 5) is 34.4. The van der Waals surface area contributed by atoms with Crippen LogP contribution in [0.2, 0.25) is 5.02 Å². The van der Waals surface area contributed by atoms with E-state index in [1.54, 1.807) is 35.2 Å². The molecule has 0 radical (unpaired) electrons. The number of nitrogens with zero attached hydrogens (tertiary/aromatic N) is 3. The fraction of sp³-hybridized carbons (Fsp3) is 0.318. The van der Waals surface area contributed by atoms with Crippen LogP contribution in [0.1, 0.15) is 20.7 Å². The first-order valence-corrected chi connectivity index (χ1v) is 11.1. The molecule has 0 bridgehead atoms. The molecule has 9 heteroatoms. The molecule has 1 fully saturated rings. The van der Waals surface area contributed by atoms with Gasteiger partial charge in [0.05, 0.1) is 41.7 Å². The second-order valence-corrected chi connectivity index (χ2v) is 8.50. The van der Waals surface area contributed by atoms with E-state index in [9.17, 15) is 9.59 Å². The third-order valence-corrected chi connectivity index (χ3v) is 6.40. The van der Waals surface area contributed by atoms with Crippen LogP contribution in [-0.4, -0.2) is 68.3 Å². The van der Waals surface area contributed by atoms with Gasteiger partial charge in [-0.05, 0) is 30.3 Å². The Balaban J connectivity index is 1.69. The Bertz CT molecular complexity index is 1100. The lowest BCUT2D eigenvalue weighted by atomic mass is 10.1. The van der Waals surface area contributed by atoms with Crippen molar-refractivity contribution >= 4 is 50.2 Å². The normalized spacial score (nSPS) is 14.5. The molecule has 1 amide bonds. The molecule has 0 spiro atoms. The van der Waals surface area contributed by atoms with Gasteiger partial charge < -0.3 is 9.47 Å². The number of thiazole rings is 1. The first-order valence-electron chi connectivity index (χ1n) is 9.92. The van der Waals surface area contributed by atoms with E-state index < -0.39 is 5.97 Å². The summed E-state index contributed by atoms with van der Waals surface area (Å²) in [5.41, 5.74) is 1.29.